The van der Waals surface area contributed by atoms with E-state index in [2.05, 4.69) is 26.0 Å². The normalized spacial score (nSPS) is 12.3. The Morgan fingerprint density at radius 3 is 1.57 bits per heavy atom. The molecule has 0 bridgehead atoms. The average Bonchev–Trinajstić information content (AvgIpc) is 2.82. The summed E-state index contributed by atoms with van der Waals surface area (Å²) in [7, 11) is 0. The van der Waals surface area contributed by atoms with Gasteiger partial charge in [-0.3, -0.25) is 9.59 Å². The van der Waals surface area contributed by atoms with E-state index < -0.39 is 12.1 Å². The van der Waals surface area contributed by atoms with Crippen LogP contribution >= 0.6 is 0 Å². The van der Waals surface area contributed by atoms with E-state index in [1.165, 1.54) is 96.3 Å². The predicted molar refractivity (Wildman–Crippen MR) is 149 cm³/mol. The zero-order valence-corrected chi connectivity index (χ0v) is 23.4. The lowest BCUT2D eigenvalue weighted by atomic mass is 10.0. The number of unbranched alkanes of at least 4 members (excludes halogenated alkanes) is 18. The van der Waals surface area contributed by atoms with E-state index in [1.807, 2.05) is 0 Å². The number of aliphatic carboxylic acids is 1. The van der Waals surface area contributed by atoms with Crippen LogP contribution in [0.3, 0.4) is 0 Å². The fourth-order valence-electron chi connectivity index (χ4n) is 4.49. The standard InChI is InChI=1S/C31H58O4/c1-3-5-7-9-11-13-15-16-17-19-21-23-25-27-31(34)35-29(28-30(32)33)26-24-22-20-18-14-12-10-8-6-4-2/h13,15,29H,3-12,14,16-28H2,1-2H3,(H,32,33)/b15-13-. The van der Waals surface area contributed by atoms with Gasteiger partial charge in [-0.2, -0.15) is 0 Å². The lowest BCUT2D eigenvalue weighted by Crippen LogP contribution is -2.21. The molecule has 0 saturated carbocycles. The first-order valence-corrected chi connectivity index (χ1v) is 15.2. The summed E-state index contributed by atoms with van der Waals surface area (Å²) in [5.41, 5.74) is 0. The van der Waals surface area contributed by atoms with Gasteiger partial charge >= 0.3 is 11.9 Å². The first-order valence-electron chi connectivity index (χ1n) is 15.2. The Hall–Kier alpha value is -1.32. The maximum Gasteiger partial charge on any atom is 0.307 e. The SMILES string of the molecule is CCCCCC/C=C\CCCCCCCC(=O)OC(CCCCCCCCCCCC)CC(=O)O. The molecule has 0 saturated heterocycles. The van der Waals surface area contributed by atoms with Crippen LogP contribution in [0.15, 0.2) is 12.2 Å². The van der Waals surface area contributed by atoms with Crippen LogP contribution in [0.4, 0.5) is 0 Å². The van der Waals surface area contributed by atoms with E-state index in [9.17, 15) is 9.59 Å². The highest BCUT2D eigenvalue weighted by Gasteiger charge is 2.17. The zero-order chi connectivity index (χ0) is 25.8. The fraction of sp³-hybridized carbons (Fsp3) is 0.871. The number of carboxylic acids is 1. The summed E-state index contributed by atoms with van der Waals surface area (Å²) in [5.74, 6) is -1.11. The van der Waals surface area contributed by atoms with Gasteiger partial charge in [-0.15, -0.1) is 0 Å². The molecule has 0 aromatic heterocycles. The molecule has 0 aliphatic carbocycles. The van der Waals surface area contributed by atoms with Gasteiger partial charge in [-0.1, -0.05) is 122 Å². The molecule has 4 nitrogen and oxygen atoms in total. The van der Waals surface area contributed by atoms with Crippen molar-refractivity contribution < 1.29 is 19.4 Å². The van der Waals surface area contributed by atoms with Crippen LogP contribution in [0.2, 0.25) is 0 Å². The number of hydrogen-bond donors (Lipinski definition) is 1. The Kier molecular flexibility index (Phi) is 26.2. The predicted octanol–water partition coefficient (Wildman–Crippen LogP) is 9.94. The Labute approximate surface area is 217 Å². The number of ether oxygens (including phenoxy) is 1. The molecule has 0 rings (SSSR count). The molecule has 1 N–H and O–H groups in total. The summed E-state index contributed by atoms with van der Waals surface area (Å²) in [5, 5.41) is 9.16. The highest BCUT2D eigenvalue weighted by molar-refractivity contribution is 5.71. The van der Waals surface area contributed by atoms with E-state index in [0.29, 0.717) is 12.8 Å². The van der Waals surface area contributed by atoms with Crippen LogP contribution in [0.25, 0.3) is 0 Å². The first-order chi connectivity index (χ1) is 17.1. The van der Waals surface area contributed by atoms with Crippen LogP contribution < -0.4 is 0 Å². The number of carbonyl (C=O) groups is 2. The Morgan fingerprint density at radius 1 is 0.629 bits per heavy atom. The van der Waals surface area contributed by atoms with Gasteiger partial charge in [0.15, 0.2) is 0 Å². The molecule has 0 amide bonds. The minimum absolute atomic E-state index is 0.0741. The molecule has 0 aliphatic rings. The van der Waals surface area contributed by atoms with Gasteiger partial charge in [0.2, 0.25) is 0 Å². The first kappa shape index (κ1) is 33.7. The highest BCUT2D eigenvalue weighted by Crippen LogP contribution is 2.16. The van der Waals surface area contributed by atoms with Gasteiger partial charge in [-0.25, -0.2) is 0 Å². The lowest BCUT2D eigenvalue weighted by molar-refractivity contribution is -0.153. The number of carbonyl (C=O) groups excluding carboxylic acids is 1. The smallest absolute Gasteiger partial charge is 0.307 e. The van der Waals surface area contributed by atoms with Crippen molar-refractivity contribution in [2.45, 2.75) is 174 Å². The van der Waals surface area contributed by atoms with Gasteiger partial charge in [0, 0.05) is 6.42 Å². The molecule has 1 atom stereocenters. The Balaban J connectivity index is 3.72. The molecule has 0 aromatic rings. The summed E-state index contributed by atoms with van der Waals surface area (Å²) in [6, 6.07) is 0. The Bertz CT molecular complexity index is 500. The summed E-state index contributed by atoms with van der Waals surface area (Å²) in [6.07, 6.45) is 30.8. The van der Waals surface area contributed by atoms with Gasteiger partial charge in [0.1, 0.15) is 6.10 Å². The van der Waals surface area contributed by atoms with Crippen LogP contribution in [0.1, 0.15) is 168 Å². The van der Waals surface area contributed by atoms with Gasteiger partial charge < -0.3 is 9.84 Å². The van der Waals surface area contributed by atoms with E-state index >= 15 is 0 Å². The van der Waals surface area contributed by atoms with Crippen LogP contribution in [-0.2, 0) is 14.3 Å². The highest BCUT2D eigenvalue weighted by atomic mass is 16.5. The third kappa shape index (κ3) is 27.1. The summed E-state index contributed by atoms with van der Waals surface area (Å²) >= 11 is 0. The minimum Gasteiger partial charge on any atom is -0.481 e. The number of rotatable bonds is 27. The van der Waals surface area contributed by atoms with E-state index in [4.69, 9.17) is 9.84 Å². The lowest BCUT2D eigenvalue weighted by Gasteiger charge is -2.16. The third-order valence-electron chi connectivity index (χ3n) is 6.72. The fourth-order valence-corrected chi connectivity index (χ4v) is 4.49. The maximum atomic E-state index is 12.2. The van der Waals surface area contributed by atoms with Crippen LogP contribution in [0, 0.1) is 0 Å². The second-order valence-electron chi connectivity index (χ2n) is 10.3. The average molecular weight is 495 g/mol. The molecular formula is C31H58O4. The molecule has 0 aliphatic heterocycles. The third-order valence-corrected chi connectivity index (χ3v) is 6.72. The molecular weight excluding hydrogens is 436 g/mol. The molecule has 0 aromatic carbocycles. The number of esters is 1. The number of allylic oxidation sites excluding steroid dienone is 2. The largest absolute Gasteiger partial charge is 0.481 e. The van der Waals surface area contributed by atoms with Gasteiger partial charge in [-0.05, 0) is 44.9 Å². The van der Waals surface area contributed by atoms with Crippen molar-refractivity contribution >= 4 is 11.9 Å². The second-order valence-corrected chi connectivity index (χ2v) is 10.3. The molecule has 0 heterocycles. The van der Waals surface area contributed by atoms with Crippen LogP contribution in [0.5, 0.6) is 0 Å². The summed E-state index contributed by atoms with van der Waals surface area (Å²) in [6.45, 7) is 4.49. The van der Waals surface area contributed by atoms with E-state index in [0.717, 1.165) is 38.5 Å². The summed E-state index contributed by atoms with van der Waals surface area (Å²) < 4.78 is 5.52. The van der Waals surface area contributed by atoms with Crippen molar-refractivity contribution in [2.75, 3.05) is 0 Å². The van der Waals surface area contributed by atoms with Crippen molar-refractivity contribution in [3.8, 4) is 0 Å². The quantitative estimate of drug-likeness (QED) is 0.0701. The van der Waals surface area contributed by atoms with Crippen molar-refractivity contribution in [1.82, 2.24) is 0 Å². The molecule has 0 radical (unpaired) electrons. The molecule has 0 fully saturated rings. The zero-order valence-electron chi connectivity index (χ0n) is 23.4. The van der Waals surface area contributed by atoms with E-state index in [-0.39, 0.29) is 12.4 Å². The van der Waals surface area contributed by atoms with Crippen LogP contribution in [-0.4, -0.2) is 23.1 Å². The molecule has 206 valence electrons. The topological polar surface area (TPSA) is 63.6 Å². The van der Waals surface area contributed by atoms with Crippen molar-refractivity contribution in [3.05, 3.63) is 12.2 Å². The molecule has 1 unspecified atom stereocenters. The second kappa shape index (κ2) is 27.3. The van der Waals surface area contributed by atoms with Crippen molar-refractivity contribution in [1.29, 1.82) is 0 Å². The van der Waals surface area contributed by atoms with E-state index in [1.54, 1.807) is 0 Å². The molecule has 4 heteroatoms. The minimum atomic E-state index is -0.884. The Morgan fingerprint density at radius 2 is 1.06 bits per heavy atom. The van der Waals surface area contributed by atoms with Crippen molar-refractivity contribution in [3.63, 3.8) is 0 Å². The monoisotopic (exact) mass is 494 g/mol. The van der Waals surface area contributed by atoms with Gasteiger partial charge in [0.25, 0.3) is 0 Å². The summed E-state index contributed by atoms with van der Waals surface area (Å²) in [4.78, 5) is 23.4. The maximum absolute atomic E-state index is 12.2. The van der Waals surface area contributed by atoms with Gasteiger partial charge in [0.05, 0.1) is 6.42 Å². The molecule has 35 heavy (non-hydrogen) atoms. The van der Waals surface area contributed by atoms with Crippen molar-refractivity contribution in [2.24, 2.45) is 0 Å². The number of hydrogen-bond acceptors (Lipinski definition) is 3. The number of carboxylic acid groups (broad SMARTS) is 1. The molecule has 0 spiro atoms.